The van der Waals surface area contributed by atoms with E-state index in [2.05, 4.69) is 21.2 Å². The normalized spacial score (nSPS) is 22.6. The van der Waals surface area contributed by atoms with Crippen molar-refractivity contribution < 1.29 is 19.2 Å². The number of aromatic carboxylic acids is 1. The van der Waals surface area contributed by atoms with Crippen LogP contribution in [-0.2, 0) is 18.4 Å². The van der Waals surface area contributed by atoms with Gasteiger partial charge in [0.25, 0.3) is 0 Å². The Bertz CT molecular complexity index is 1560. The average Bonchev–Trinajstić information content (AvgIpc) is 3.21. The topological polar surface area (TPSA) is 93.6 Å². The Morgan fingerprint density at radius 1 is 1.13 bits per heavy atom. The third-order valence-electron chi connectivity index (χ3n) is 8.54. The number of ether oxygens (including phenoxy) is 1. The summed E-state index contributed by atoms with van der Waals surface area (Å²) in [6.07, 6.45) is 4.39. The van der Waals surface area contributed by atoms with Crippen molar-refractivity contribution in [2.24, 2.45) is 18.9 Å². The van der Waals surface area contributed by atoms with E-state index in [0.717, 1.165) is 61.3 Å². The second kappa shape index (κ2) is 9.54. The largest absolute Gasteiger partial charge is 0.476 e. The molecule has 7 rings (SSSR count). The summed E-state index contributed by atoms with van der Waals surface area (Å²) < 4.78 is 14.0. The number of rotatable bonds is 7. The third kappa shape index (κ3) is 4.39. The number of hydrogen-bond acceptors (Lipinski definition) is 6. The van der Waals surface area contributed by atoms with Gasteiger partial charge in [-0.15, -0.1) is 0 Å². The molecule has 0 spiro atoms. The lowest BCUT2D eigenvalue weighted by Gasteiger charge is -2.22. The quantitative estimate of drug-likeness (QED) is 0.271. The fraction of sp³-hybridized carbons (Fsp3) is 0.414. The number of carboxylic acid groups (broad SMARTS) is 1. The standard InChI is InChI=1S/C29H28Cl2N4O4/c1-34-24-11-18(7-8-20(24)27(32-34)29(36)37)35-12-16-9-19(10-17(16)13-35)38-14-21-26(33-39-28(21)15-5-6-15)25-22(30)3-2-4-23(25)31/h2-4,7-8,11,15-17,19H,5-6,9-10,12-14H2,1H3,(H,36,37)/t16-,17+,19?. The van der Waals surface area contributed by atoms with E-state index in [1.807, 2.05) is 30.3 Å². The van der Waals surface area contributed by atoms with Crippen LogP contribution in [-0.4, -0.2) is 45.2 Å². The lowest BCUT2D eigenvalue weighted by Crippen LogP contribution is -2.23. The van der Waals surface area contributed by atoms with Crippen LogP contribution in [0.15, 0.2) is 40.9 Å². The molecule has 2 saturated carbocycles. The number of carbonyl (C=O) groups is 1. The maximum absolute atomic E-state index is 11.5. The summed E-state index contributed by atoms with van der Waals surface area (Å²) in [6, 6.07) is 11.4. The SMILES string of the molecule is Cn1nc(C(=O)O)c2ccc(N3C[C@H]4CC(OCc5c(-c6c(Cl)cccc6Cl)noc5C5CC5)C[C@H]4C3)cc21. The zero-order chi connectivity index (χ0) is 26.8. The van der Waals surface area contributed by atoms with Gasteiger partial charge in [0.2, 0.25) is 0 Å². The fourth-order valence-electron chi connectivity index (χ4n) is 6.44. The van der Waals surface area contributed by atoms with Crippen LogP contribution in [0.3, 0.4) is 0 Å². The minimum absolute atomic E-state index is 0.0926. The van der Waals surface area contributed by atoms with Crippen LogP contribution in [0.5, 0.6) is 0 Å². The molecule has 0 radical (unpaired) electrons. The van der Waals surface area contributed by atoms with Gasteiger partial charge in [0, 0.05) is 48.3 Å². The minimum atomic E-state index is -1.01. The Hall–Kier alpha value is -3.07. The summed E-state index contributed by atoms with van der Waals surface area (Å²) in [7, 11) is 1.79. The number of aryl methyl sites for hydroxylation is 1. The molecule has 3 atom stereocenters. The first-order valence-electron chi connectivity index (χ1n) is 13.4. The summed E-state index contributed by atoms with van der Waals surface area (Å²) in [5.74, 6) is 1.39. The van der Waals surface area contributed by atoms with Crippen molar-refractivity contribution in [3.05, 3.63) is 63.5 Å². The van der Waals surface area contributed by atoms with Crippen LogP contribution in [0.1, 0.15) is 53.4 Å². The molecule has 1 aliphatic heterocycles. The molecule has 0 bridgehead atoms. The molecule has 202 valence electrons. The van der Waals surface area contributed by atoms with Crippen LogP contribution < -0.4 is 4.90 Å². The molecule has 0 amide bonds. The summed E-state index contributed by atoms with van der Waals surface area (Å²) in [4.78, 5) is 13.9. The van der Waals surface area contributed by atoms with Crippen LogP contribution in [0, 0.1) is 11.8 Å². The van der Waals surface area contributed by atoms with Crippen LogP contribution in [0.25, 0.3) is 22.2 Å². The second-order valence-corrected chi connectivity index (χ2v) is 11.9. The highest BCUT2D eigenvalue weighted by Crippen LogP contribution is 2.47. The number of halogens is 2. The number of anilines is 1. The Kier molecular flexibility index (Phi) is 6.10. The molecular weight excluding hydrogens is 539 g/mol. The number of aromatic nitrogens is 3. The molecule has 1 saturated heterocycles. The molecule has 4 aromatic rings. The van der Waals surface area contributed by atoms with E-state index in [1.54, 1.807) is 11.7 Å². The van der Waals surface area contributed by atoms with Gasteiger partial charge in [-0.3, -0.25) is 4.68 Å². The lowest BCUT2D eigenvalue weighted by atomic mass is 10.0. The molecule has 3 heterocycles. The van der Waals surface area contributed by atoms with Crippen LogP contribution in [0.4, 0.5) is 5.69 Å². The van der Waals surface area contributed by atoms with E-state index in [0.29, 0.717) is 51.0 Å². The molecule has 39 heavy (non-hydrogen) atoms. The van der Waals surface area contributed by atoms with Gasteiger partial charge < -0.3 is 19.3 Å². The number of carboxylic acids is 1. The fourth-order valence-corrected chi connectivity index (χ4v) is 7.02. The molecule has 2 aromatic carbocycles. The molecule has 3 aliphatic rings. The molecule has 2 aliphatic carbocycles. The van der Waals surface area contributed by atoms with E-state index in [9.17, 15) is 9.90 Å². The van der Waals surface area contributed by atoms with Gasteiger partial charge in [0.1, 0.15) is 11.5 Å². The molecule has 1 N–H and O–H groups in total. The van der Waals surface area contributed by atoms with Crippen molar-refractivity contribution in [2.75, 3.05) is 18.0 Å². The number of hydrogen-bond donors (Lipinski definition) is 1. The van der Waals surface area contributed by atoms with Crippen molar-refractivity contribution in [1.29, 1.82) is 0 Å². The zero-order valence-electron chi connectivity index (χ0n) is 21.4. The molecule has 3 fully saturated rings. The van der Waals surface area contributed by atoms with E-state index in [4.69, 9.17) is 32.5 Å². The van der Waals surface area contributed by atoms with Crippen LogP contribution >= 0.6 is 23.2 Å². The van der Waals surface area contributed by atoms with Gasteiger partial charge in [0.15, 0.2) is 5.69 Å². The number of benzene rings is 2. The predicted octanol–water partition coefficient (Wildman–Crippen LogP) is 6.54. The molecule has 2 aromatic heterocycles. The average molecular weight is 567 g/mol. The first-order valence-corrected chi connectivity index (χ1v) is 14.1. The van der Waals surface area contributed by atoms with Gasteiger partial charge >= 0.3 is 5.97 Å². The summed E-state index contributed by atoms with van der Waals surface area (Å²) in [5, 5.41) is 19.8. The molecule has 10 heteroatoms. The monoisotopic (exact) mass is 566 g/mol. The Morgan fingerprint density at radius 2 is 1.85 bits per heavy atom. The molecular formula is C29H28Cl2N4O4. The molecule has 1 unspecified atom stereocenters. The maximum Gasteiger partial charge on any atom is 0.357 e. The van der Waals surface area contributed by atoms with Gasteiger partial charge in [0.05, 0.1) is 28.3 Å². The van der Waals surface area contributed by atoms with Gasteiger partial charge in [-0.1, -0.05) is 34.4 Å². The van der Waals surface area contributed by atoms with Gasteiger partial charge in [-0.25, -0.2) is 4.79 Å². The highest BCUT2D eigenvalue weighted by Gasteiger charge is 2.42. The second-order valence-electron chi connectivity index (χ2n) is 11.1. The van der Waals surface area contributed by atoms with E-state index >= 15 is 0 Å². The van der Waals surface area contributed by atoms with Crippen molar-refractivity contribution in [1.82, 2.24) is 14.9 Å². The van der Waals surface area contributed by atoms with Gasteiger partial charge in [-0.2, -0.15) is 5.10 Å². The van der Waals surface area contributed by atoms with Crippen LogP contribution in [0.2, 0.25) is 10.0 Å². The van der Waals surface area contributed by atoms with Crippen molar-refractivity contribution >= 4 is 45.8 Å². The highest BCUT2D eigenvalue weighted by molar-refractivity contribution is 6.39. The smallest absolute Gasteiger partial charge is 0.357 e. The summed E-state index contributed by atoms with van der Waals surface area (Å²) >= 11 is 13.0. The van der Waals surface area contributed by atoms with Crippen molar-refractivity contribution in [3.63, 3.8) is 0 Å². The number of nitrogens with zero attached hydrogens (tertiary/aromatic N) is 4. The van der Waals surface area contributed by atoms with Gasteiger partial charge in [-0.05, 0) is 67.9 Å². The Labute approximate surface area is 235 Å². The molecule has 8 nitrogen and oxygen atoms in total. The lowest BCUT2D eigenvalue weighted by molar-refractivity contribution is 0.0403. The first-order chi connectivity index (χ1) is 18.9. The van der Waals surface area contributed by atoms with E-state index in [1.165, 1.54) is 0 Å². The van der Waals surface area contributed by atoms with E-state index < -0.39 is 5.97 Å². The van der Waals surface area contributed by atoms with Crippen molar-refractivity contribution in [3.8, 4) is 11.3 Å². The zero-order valence-corrected chi connectivity index (χ0v) is 23.0. The maximum atomic E-state index is 11.5. The highest BCUT2D eigenvalue weighted by atomic mass is 35.5. The number of fused-ring (bicyclic) bond motifs is 2. The minimum Gasteiger partial charge on any atom is -0.476 e. The Morgan fingerprint density at radius 3 is 2.51 bits per heavy atom. The summed E-state index contributed by atoms with van der Waals surface area (Å²) in [5.41, 5.74) is 4.39. The predicted molar refractivity (Wildman–Crippen MR) is 149 cm³/mol. The van der Waals surface area contributed by atoms with E-state index in [-0.39, 0.29) is 11.8 Å². The Balaban J connectivity index is 1.04. The summed E-state index contributed by atoms with van der Waals surface area (Å²) in [6.45, 7) is 2.35. The van der Waals surface area contributed by atoms with Crippen molar-refractivity contribution in [2.45, 2.75) is 44.3 Å². The third-order valence-corrected chi connectivity index (χ3v) is 9.17. The first kappa shape index (κ1) is 24.9.